The molecule has 0 spiro atoms. The van der Waals surface area contributed by atoms with Gasteiger partial charge in [-0.25, -0.2) is 4.57 Å². The van der Waals surface area contributed by atoms with E-state index in [1.54, 1.807) is 0 Å². The van der Waals surface area contributed by atoms with Crippen LogP contribution >= 0.6 is 7.82 Å². The largest absolute Gasteiger partial charge is 0.472 e. The van der Waals surface area contributed by atoms with Gasteiger partial charge in [-0.05, 0) is 121 Å². The number of phosphoric acid groups is 1. The first kappa shape index (κ1) is 66.7. The number of carbonyl (C=O) groups is 3. The van der Waals surface area contributed by atoms with E-state index in [9.17, 15) is 23.8 Å². The third kappa shape index (κ3) is 39.2. The number of phosphoric ester groups is 1. The summed E-state index contributed by atoms with van der Waals surface area (Å²) in [7, 11) is -4.61. The Morgan fingerprint density at radius 3 is 1.69 bits per heavy atom. The average Bonchev–Trinajstić information content (AvgIpc) is 3.33. The fourth-order valence-electron chi connectivity index (χ4n) is 8.79. The Hall–Kier alpha value is -3.30. The number of allylic oxidation sites excluding steroid dienone is 13. The van der Waals surface area contributed by atoms with Crippen molar-refractivity contribution in [1.82, 2.24) is 5.32 Å². The van der Waals surface area contributed by atoms with E-state index in [1.807, 2.05) is 32.1 Å². The number of ether oxygens (including phenoxy) is 2. The van der Waals surface area contributed by atoms with E-state index in [-0.39, 0.29) is 43.9 Å². The van der Waals surface area contributed by atoms with Crippen molar-refractivity contribution in [3.8, 4) is 0 Å². The summed E-state index contributed by atoms with van der Waals surface area (Å²) in [5.74, 6) is -1.28. The van der Waals surface area contributed by atoms with Crippen molar-refractivity contribution in [1.29, 1.82) is 0 Å². The Morgan fingerprint density at radius 1 is 0.667 bits per heavy atom. The van der Waals surface area contributed by atoms with E-state index in [0.717, 1.165) is 88.2 Å². The molecule has 0 aromatic rings. The lowest BCUT2D eigenvalue weighted by Crippen LogP contribution is -2.30. The summed E-state index contributed by atoms with van der Waals surface area (Å²) < 4.78 is 34.2. The molecule has 10 nitrogen and oxygen atoms in total. The van der Waals surface area contributed by atoms with E-state index in [4.69, 9.17) is 18.5 Å². The van der Waals surface area contributed by atoms with Crippen LogP contribution in [0.5, 0.6) is 0 Å². The van der Waals surface area contributed by atoms with Gasteiger partial charge in [-0.3, -0.25) is 23.4 Å². The molecule has 0 heterocycles. The lowest BCUT2D eigenvalue weighted by atomic mass is 9.72. The average molecular weight is 1030 g/mol. The van der Waals surface area contributed by atoms with Crippen LogP contribution in [0.15, 0.2) is 83.1 Å². The van der Waals surface area contributed by atoms with Gasteiger partial charge in [-0.15, -0.1) is 0 Å². The SMILES string of the molecule is CCCCCCCCC=CCCCCCCCC(=O)OCC(COP(=O)(O)OCCNC(=O)C=C(C)C=CC=C(C)C=CC1=C(C)CCCC1(C)C)OC(=O)CCCCCCCC=CCCCCCCCC. The van der Waals surface area contributed by atoms with E-state index >= 15 is 0 Å². The van der Waals surface area contributed by atoms with Gasteiger partial charge in [0.1, 0.15) is 6.61 Å². The maximum Gasteiger partial charge on any atom is 0.472 e. The number of esters is 2. The van der Waals surface area contributed by atoms with E-state index < -0.39 is 32.5 Å². The van der Waals surface area contributed by atoms with Gasteiger partial charge in [-0.2, -0.15) is 0 Å². The molecule has 1 rings (SSSR count). The molecule has 0 fully saturated rings. The first-order chi connectivity index (χ1) is 34.7. The van der Waals surface area contributed by atoms with Crippen LogP contribution in [0.25, 0.3) is 0 Å². The number of carbonyl (C=O) groups excluding carboxylic acids is 3. The highest BCUT2D eigenvalue weighted by Crippen LogP contribution is 2.43. The summed E-state index contributed by atoms with van der Waals surface area (Å²) in [6, 6.07) is 0. The highest BCUT2D eigenvalue weighted by molar-refractivity contribution is 7.47. The Bertz CT molecular complexity index is 1720. The van der Waals surface area contributed by atoms with Crippen LogP contribution in [0.4, 0.5) is 0 Å². The lowest BCUT2D eigenvalue weighted by molar-refractivity contribution is -0.161. The molecule has 0 aromatic heterocycles. The van der Waals surface area contributed by atoms with Gasteiger partial charge < -0.3 is 19.7 Å². The maximum absolute atomic E-state index is 12.9. The zero-order chi connectivity index (χ0) is 53.0. The topological polar surface area (TPSA) is 137 Å². The molecule has 0 aliphatic heterocycles. The summed E-state index contributed by atoms with van der Waals surface area (Å²) in [6.45, 7) is 14.0. The van der Waals surface area contributed by atoms with Crippen LogP contribution in [-0.4, -0.2) is 55.2 Å². The van der Waals surface area contributed by atoms with Gasteiger partial charge in [0.05, 0.1) is 13.2 Å². The monoisotopic (exact) mass is 1030 g/mol. The molecule has 1 aliphatic rings. The van der Waals surface area contributed by atoms with E-state index in [0.29, 0.717) is 12.8 Å². The molecule has 2 N–H and O–H groups in total. The van der Waals surface area contributed by atoms with Gasteiger partial charge in [0.2, 0.25) is 5.91 Å². The predicted octanol–water partition coefficient (Wildman–Crippen LogP) is 17.3. The number of unbranched alkanes of at least 4 members (excludes halogenated alkanes) is 22. The highest BCUT2D eigenvalue weighted by Gasteiger charge is 2.27. The molecule has 0 saturated heterocycles. The molecule has 0 radical (unpaired) electrons. The van der Waals surface area contributed by atoms with Crippen molar-refractivity contribution < 1.29 is 42.4 Å². The lowest BCUT2D eigenvalue weighted by Gasteiger charge is -2.32. The second-order valence-corrected chi connectivity index (χ2v) is 22.2. The second-order valence-electron chi connectivity index (χ2n) is 20.8. The van der Waals surface area contributed by atoms with Crippen molar-refractivity contribution in [2.45, 2.75) is 254 Å². The molecule has 2 atom stereocenters. The van der Waals surface area contributed by atoms with Crippen molar-refractivity contribution in [3.63, 3.8) is 0 Å². The van der Waals surface area contributed by atoms with Gasteiger partial charge in [0.25, 0.3) is 0 Å². The third-order valence-corrected chi connectivity index (χ3v) is 14.2. The molecule has 2 unspecified atom stereocenters. The van der Waals surface area contributed by atoms with Gasteiger partial charge >= 0.3 is 19.8 Å². The quantitative estimate of drug-likeness (QED) is 0.0152. The maximum atomic E-state index is 12.9. The molecule has 0 saturated carbocycles. The van der Waals surface area contributed by atoms with Crippen molar-refractivity contribution in [3.05, 3.63) is 83.1 Å². The number of hydrogen-bond donors (Lipinski definition) is 2. The van der Waals surface area contributed by atoms with Crippen LogP contribution in [0.1, 0.15) is 248 Å². The molecule has 1 aliphatic carbocycles. The molecule has 0 bridgehead atoms. The predicted molar refractivity (Wildman–Crippen MR) is 301 cm³/mol. The molecular weight excluding hydrogens is 922 g/mol. The minimum absolute atomic E-state index is 0.0437. The second kappa shape index (κ2) is 44.0. The summed E-state index contributed by atoms with van der Waals surface area (Å²) in [6.07, 6.45) is 53.6. The van der Waals surface area contributed by atoms with Crippen molar-refractivity contribution in [2.75, 3.05) is 26.4 Å². The van der Waals surface area contributed by atoms with Crippen LogP contribution in [0.3, 0.4) is 0 Å². The van der Waals surface area contributed by atoms with Gasteiger partial charge in [0, 0.05) is 25.5 Å². The van der Waals surface area contributed by atoms with E-state index in [2.05, 4.69) is 76.4 Å². The first-order valence-electron chi connectivity index (χ1n) is 28.7. The van der Waals surface area contributed by atoms with Crippen molar-refractivity contribution in [2.24, 2.45) is 5.41 Å². The normalized spacial score (nSPS) is 15.8. The summed E-state index contributed by atoms with van der Waals surface area (Å²) in [5.41, 5.74) is 4.87. The molecule has 0 aromatic carbocycles. The Labute approximate surface area is 440 Å². The standard InChI is InChI=1S/C61H104NO9P/c1-8-10-12-14-16-18-20-22-24-26-28-30-32-34-36-43-59(64)68-51-56(71-60(65)44-37-35-33-31-29-27-25-23-21-19-17-15-13-11-9-2)52-70-72(66,67)69-49-48-62-58(63)50-54(4)41-38-40-53(3)45-46-57-55(5)42-39-47-61(57,6)7/h22-25,38,40-41,45-46,50,56H,8-21,26-37,39,42-44,47-49,51-52H2,1-7H3,(H,62,63)(H,66,67). The number of rotatable bonds is 45. The van der Waals surface area contributed by atoms with Gasteiger partial charge in [0.15, 0.2) is 6.10 Å². The molecule has 412 valence electrons. The first-order valence-corrected chi connectivity index (χ1v) is 30.1. The Morgan fingerprint density at radius 2 is 1.17 bits per heavy atom. The number of hydrogen-bond acceptors (Lipinski definition) is 8. The van der Waals surface area contributed by atoms with Crippen LogP contribution in [-0.2, 0) is 37.5 Å². The van der Waals surface area contributed by atoms with Crippen LogP contribution in [0, 0.1) is 5.41 Å². The number of amides is 1. The number of nitrogens with one attached hydrogen (secondary N) is 1. The zero-order valence-electron chi connectivity index (χ0n) is 46.8. The Kier molecular flexibility index (Phi) is 40.8. The highest BCUT2D eigenvalue weighted by atomic mass is 31.2. The summed E-state index contributed by atoms with van der Waals surface area (Å²) in [4.78, 5) is 48.6. The smallest absolute Gasteiger partial charge is 0.462 e. The fraction of sp³-hybridized carbons (Fsp3) is 0.721. The van der Waals surface area contributed by atoms with Crippen LogP contribution in [0.2, 0.25) is 0 Å². The molecular formula is C61H104NO9P. The molecule has 72 heavy (non-hydrogen) atoms. The molecule has 1 amide bonds. The fourth-order valence-corrected chi connectivity index (χ4v) is 9.54. The Balaban J connectivity index is 2.55. The summed E-state index contributed by atoms with van der Waals surface area (Å²) >= 11 is 0. The minimum Gasteiger partial charge on any atom is -0.462 e. The van der Waals surface area contributed by atoms with E-state index in [1.165, 1.54) is 114 Å². The summed E-state index contributed by atoms with van der Waals surface area (Å²) in [5, 5.41) is 2.65. The van der Waals surface area contributed by atoms with Gasteiger partial charge in [-0.1, -0.05) is 196 Å². The van der Waals surface area contributed by atoms with Crippen LogP contribution < -0.4 is 5.32 Å². The van der Waals surface area contributed by atoms with Crippen molar-refractivity contribution >= 4 is 25.7 Å². The molecule has 11 heteroatoms. The zero-order valence-corrected chi connectivity index (χ0v) is 47.7. The minimum atomic E-state index is -4.61. The third-order valence-electron chi connectivity index (χ3n) is 13.2.